The average molecular weight is 250 g/mol. The molecule has 88 valence electrons. The Morgan fingerprint density at radius 1 is 1.53 bits per heavy atom. The number of halogens is 1. The van der Waals surface area contributed by atoms with E-state index in [2.05, 4.69) is 10.4 Å². The normalized spacial score (nSPS) is 10.2. The first-order chi connectivity index (χ1) is 8.20. The molecule has 0 radical (unpaired) electrons. The third kappa shape index (κ3) is 2.65. The van der Waals surface area contributed by atoms with Crippen LogP contribution in [-0.4, -0.2) is 15.7 Å². The zero-order valence-corrected chi connectivity index (χ0v) is 10.1. The molecule has 1 amide bonds. The van der Waals surface area contributed by atoms with Crippen molar-refractivity contribution in [2.45, 2.75) is 13.3 Å². The predicted molar refractivity (Wildman–Crippen MR) is 67.5 cm³/mol. The van der Waals surface area contributed by atoms with Gasteiger partial charge in [-0.3, -0.25) is 4.79 Å². The molecule has 0 saturated carbocycles. The van der Waals surface area contributed by atoms with Gasteiger partial charge < -0.3 is 5.32 Å². The lowest BCUT2D eigenvalue weighted by molar-refractivity contribution is -0.115. The van der Waals surface area contributed by atoms with Crippen LogP contribution in [0, 0.1) is 0 Å². The van der Waals surface area contributed by atoms with Gasteiger partial charge >= 0.3 is 0 Å². The molecule has 4 nitrogen and oxygen atoms in total. The second-order valence-electron chi connectivity index (χ2n) is 3.51. The van der Waals surface area contributed by atoms with Gasteiger partial charge in [0.15, 0.2) is 0 Å². The van der Waals surface area contributed by atoms with Crippen LogP contribution in [0.4, 0.5) is 5.69 Å². The second kappa shape index (κ2) is 5.01. The van der Waals surface area contributed by atoms with Crippen LogP contribution in [0.15, 0.2) is 36.7 Å². The van der Waals surface area contributed by atoms with Gasteiger partial charge in [0.25, 0.3) is 0 Å². The second-order valence-corrected chi connectivity index (χ2v) is 3.95. The van der Waals surface area contributed by atoms with Crippen LogP contribution in [-0.2, 0) is 4.79 Å². The molecule has 0 bridgehead atoms. The molecule has 1 aromatic heterocycles. The Morgan fingerprint density at radius 2 is 2.35 bits per heavy atom. The highest BCUT2D eigenvalue weighted by Gasteiger charge is 2.08. The van der Waals surface area contributed by atoms with Crippen molar-refractivity contribution < 1.29 is 4.79 Å². The fraction of sp³-hybridized carbons (Fsp3) is 0.167. The van der Waals surface area contributed by atoms with E-state index < -0.39 is 0 Å². The van der Waals surface area contributed by atoms with Gasteiger partial charge in [-0.2, -0.15) is 5.10 Å². The summed E-state index contributed by atoms with van der Waals surface area (Å²) in [6.07, 6.45) is 3.91. The lowest BCUT2D eigenvalue weighted by atomic mass is 10.2. The Hall–Kier alpha value is -1.81. The largest absolute Gasteiger partial charge is 0.324 e. The number of aromatic nitrogens is 2. The highest BCUT2D eigenvalue weighted by atomic mass is 35.5. The van der Waals surface area contributed by atoms with Gasteiger partial charge in [0.2, 0.25) is 5.91 Å². The number of anilines is 1. The molecule has 0 fully saturated rings. The minimum atomic E-state index is -0.0549. The first-order valence-corrected chi connectivity index (χ1v) is 5.68. The van der Waals surface area contributed by atoms with Crippen LogP contribution in [0.1, 0.15) is 13.3 Å². The van der Waals surface area contributed by atoms with Crippen LogP contribution >= 0.6 is 11.6 Å². The molecule has 0 spiro atoms. The molecular formula is C12H12ClN3O. The molecule has 2 aromatic rings. The van der Waals surface area contributed by atoms with Crippen molar-refractivity contribution in [1.82, 2.24) is 9.78 Å². The lowest BCUT2D eigenvalue weighted by Crippen LogP contribution is -2.12. The smallest absolute Gasteiger partial charge is 0.224 e. The van der Waals surface area contributed by atoms with Crippen LogP contribution in [0.25, 0.3) is 5.69 Å². The molecule has 0 aliphatic carbocycles. The van der Waals surface area contributed by atoms with Gasteiger partial charge in [0, 0.05) is 23.8 Å². The number of nitrogens with one attached hydrogen (secondary N) is 1. The molecule has 1 N–H and O–H groups in total. The van der Waals surface area contributed by atoms with Gasteiger partial charge in [-0.15, -0.1) is 0 Å². The Labute approximate surface area is 104 Å². The minimum absolute atomic E-state index is 0.0549. The third-order valence-electron chi connectivity index (χ3n) is 2.31. The maximum Gasteiger partial charge on any atom is 0.224 e. The predicted octanol–water partition coefficient (Wildman–Crippen LogP) is 2.87. The summed E-state index contributed by atoms with van der Waals surface area (Å²) >= 11 is 5.92. The Bertz CT molecular complexity index is 523. The topological polar surface area (TPSA) is 46.9 Å². The SMILES string of the molecule is CCC(=O)Nc1cc(Cl)ccc1-n1cccn1. The summed E-state index contributed by atoms with van der Waals surface area (Å²) in [4.78, 5) is 11.4. The summed E-state index contributed by atoms with van der Waals surface area (Å²) in [6, 6.07) is 7.12. The highest BCUT2D eigenvalue weighted by molar-refractivity contribution is 6.31. The minimum Gasteiger partial charge on any atom is -0.324 e. The lowest BCUT2D eigenvalue weighted by Gasteiger charge is -2.11. The number of nitrogens with zero attached hydrogens (tertiary/aromatic N) is 2. The standard InChI is InChI=1S/C12H12ClN3O/c1-2-12(17)15-10-8-9(13)4-5-11(10)16-7-3-6-14-16/h3-8H,2H2,1H3,(H,15,17). The first kappa shape index (κ1) is 11.7. The van der Waals surface area contributed by atoms with Crippen molar-refractivity contribution in [1.29, 1.82) is 0 Å². The quantitative estimate of drug-likeness (QED) is 0.909. The van der Waals surface area contributed by atoms with E-state index in [9.17, 15) is 4.79 Å². The summed E-state index contributed by atoms with van der Waals surface area (Å²) in [5.41, 5.74) is 1.45. The zero-order chi connectivity index (χ0) is 12.3. The van der Waals surface area contributed by atoms with Crippen molar-refractivity contribution in [2.75, 3.05) is 5.32 Å². The van der Waals surface area contributed by atoms with E-state index in [1.807, 2.05) is 18.3 Å². The molecule has 1 heterocycles. The number of amides is 1. The molecule has 1 aromatic carbocycles. The summed E-state index contributed by atoms with van der Waals surface area (Å²) in [7, 11) is 0. The molecule has 0 aliphatic heterocycles. The van der Waals surface area contributed by atoms with Crippen LogP contribution in [0.3, 0.4) is 0 Å². The van der Waals surface area contributed by atoms with Crippen LogP contribution in [0.5, 0.6) is 0 Å². The summed E-state index contributed by atoms with van der Waals surface area (Å²) in [5, 5.41) is 7.51. The van der Waals surface area contributed by atoms with Crippen LogP contribution < -0.4 is 5.32 Å². The molecule has 5 heteroatoms. The summed E-state index contributed by atoms with van der Waals surface area (Å²) in [5.74, 6) is -0.0549. The van der Waals surface area contributed by atoms with E-state index in [4.69, 9.17) is 11.6 Å². The van der Waals surface area contributed by atoms with E-state index in [1.165, 1.54) is 0 Å². The maximum atomic E-state index is 11.4. The van der Waals surface area contributed by atoms with E-state index >= 15 is 0 Å². The number of rotatable bonds is 3. The van der Waals surface area contributed by atoms with Crippen molar-refractivity contribution in [2.24, 2.45) is 0 Å². The number of hydrogen-bond donors (Lipinski definition) is 1. The van der Waals surface area contributed by atoms with Gasteiger partial charge in [0.05, 0.1) is 11.4 Å². The Balaban J connectivity index is 2.41. The van der Waals surface area contributed by atoms with Gasteiger partial charge in [-0.25, -0.2) is 4.68 Å². The van der Waals surface area contributed by atoms with E-state index in [0.29, 0.717) is 17.1 Å². The van der Waals surface area contributed by atoms with Crippen molar-refractivity contribution in [3.8, 4) is 5.69 Å². The van der Waals surface area contributed by atoms with Gasteiger partial charge in [-0.1, -0.05) is 18.5 Å². The number of benzene rings is 1. The molecule has 17 heavy (non-hydrogen) atoms. The molecular weight excluding hydrogens is 238 g/mol. The molecule has 0 saturated heterocycles. The average Bonchev–Trinajstić information content (AvgIpc) is 2.82. The fourth-order valence-corrected chi connectivity index (χ4v) is 1.63. The first-order valence-electron chi connectivity index (χ1n) is 5.30. The number of carbonyl (C=O) groups excluding carboxylic acids is 1. The fourth-order valence-electron chi connectivity index (χ4n) is 1.46. The maximum absolute atomic E-state index is 11.4. The highest BCUT2D eigenvalue weighted by Crippen LogP contribution is 2.24. The summed E-state index contributed by atoms with van der Waals surface area (Å²) in [6.45, 7) is 1.80. The monoisotopic (exact) mass is 249 g/mol. The summed E-state index contributed by atoms with van der Waals surface area (Å²) < 4.78 is 1.68. The molecule has 2 rings (SSSR count). The van der Waals surface area contributed by atoms with Crippen molar-refractivity contribution >= 4 is 23.2 Å². The number of carbonyl (C=O) groups is 1. The number of hydrogen-bond acceptors (Lipinski definition) is 2. The Morgan fingerprint density at radius 3 is 3.00 bits per heavy atom. The van der Waals surface area contributed by atoms with Crippen LogP contribution in [0.2, 0.25) is 5.02 Å². The molecule has 0 atom stereocenters. The van der Waals surface area contributed by atoms with Gasteiger partial charge in [-0.05, 0) is 24.3 Å². The van der Waals surface area contributed by atoms with E-state index in [-0.39, 0.29) is 5.91 Å². The van der Waals surface area contributed by atoms with Crippen molar-refractivity contribution in [3.63, 3.8) is 0 Å². The molecule has 0 aliphatic rings. The Kier molecular flexibility index (Phi) is 3.44. The van der Waals surface area contributed by atoms with Gasteiger partial charge in [0.1, 0.15) is 0 Å². The zero-order valence-electron chi connectivity index (χ0n) is 9.35. The third-order valence-corrected chi connectivity index (χ3v) is 2.54. The van der Waals surface area contributed by atoms with E-state index in [0.717, 1.165) is 5.69 Å². The van der Waals surface area contributed by atoms with Crippen molar-refractivity contribution in [3.05, 3.63) is 41.7 Å². The molecule has 0 unspecified atom stereocenters. The van der Waals surface area contributed by atoms with E-state index in [1.54, 1.807) is 29.9 Å².